The number of benzene rings is 3. The van der Waals surface area contributed by atoms with Gasteiger partial charge in [0, 0.05) is 32.0 Å². The van der Waals surface area contributed by atoms with Crippen molar-refractivity contribution < 1.29 is 43.0 Å². The number of ether oxygens (including phenoxy) is 3. The first-order chi connectivity index (χ1) is 26.9. The summed E-state index contributed by atoms with van der Waals surface area (Å²) in [5, 5.41) is 13.4. The Morgan fingerprint density at radius 3 is 1.54 bits per heavy atom. The molecule has 5 N–H and O–H groups in total. The molecule has 14 heteroatoms. The number of carbonyl (C=O) groups is 6. The summed E-state index contributed by atoms with van der Waals surface area (Å²) in [6.07, 6.45) is -1.90. The largest absolute Gasteiger partial charge is 0.449 e. The molecule has 0 aromatic heterocycles. The second-order valence-electron chi connectivity index (χ2n) is 15.9. The predicted octanol–water partition coefficient (Wildman–Crippen LogP) is 6.00. The third-order valence-electron chi connectivity index (χ3n) is 8.80. The number of nitrogens with one attached hydrogen (secondary N) is 5. The lowest BCUT2D eigenvalue weighted by atomic mass is 9.98. The Kier molecular flexibility index (Phi) is 15.2. The van der Waals surface area contributed by atoms with Gasteiger partial charge in [0.15, 0.2) is 0 Å². The molecule has 0 fully saturated rings. The molecule has 0 heterocycles. The van der Waals surface area contributed by atoms with Crippen LogP contribution >= 0.6 is 0 Å². The van der Waals surface area contributed by atoms with Gasteiger partial charge in [-0.1, -0.05) is 72.8 Å². The van der Waals surface area contributed by atoms with E-state index < -0.39 is 53.4 Å². The van der Waals surface area contributed by atoms with Gasteiger partial charge >= 0.3 is 18.3 Å². The number of amides is 5. The van der Waals surface area contributed by atoms with Crippen LogP contribution in [0.2, 0.25) is 0 Å². The van der Waals surface area contributed by atoms with Crippen LogP contribution in [0.1, 0.15) is 95.9 Å². The van der Waals surface area contributed by atoms with Gasteiger partial charge in [-0.25, -0.2) is 14.4 Å². The standard InChI is InChI=1S/C43H55N5O9/c1-27(49)16-21-35(47-40(53)55-26-34-32-14-10-8-12-30(32)31-13-9-11-15-33(31)34)37(50)45-24-28-17-19-29(20-18-28)25-46-38(51)36(48-41(54)57-43(5,6)7)22-23-44-39(52)56-42(2,3)4/h8-15,17-20,34-36H,16,21-26H2,1-7H3,(H,44,52)(H,45,50)(H,46,51)(H,47,53)(H,48,54)/t35-,36+/m0/s1. The summed E-state index contributed by atoms with van der Waals surface area (Å²) in [7, 11) is 0. The van der Waals surface area contributed by atoms with E-state index in [1.807, 2.05) is 48.5 Å². The zero-order valence-electron chi connectivity index (χ0n) is 33.8. The Morgan fingerprint density at radius 2 is 1.05 bits per heavy atom. The fourth-order valence-corrected chi connectivity index (χ4v) is 6.15. The molecule has 3 aromatic rings. The summed E-state index contributed by atoms with van der Waals surface area (Å²) in [5.74, 6) is -1.21. The molecule has 1 aliphatic rings. The Labute approximate surface area is 334 Å². The first-order valence-corrected chi connectivity index (χ1v) is 19.1. The third kappa shape index (κ3) is 14.3. The monoisotopic (exact) mass is 785 g/mol. The fraction of sp³-hybridized carbons (Fsp3) is 0.442. The molecular formula is C43H55N5O9. The average Bonchev–Trinajstić information content (AvgIpc) is 3.45. The second-order valence-corrected chi connectivity index (χ2v) is 15.9. The lowest BCUT2D eigenvalue weighted by Crippen LogP contribution is -2.49. The average molecular weight is 786 g/mol. The maximum absolute atomic E-state index is 13.3. The van der Waals surface area contributed by atoms with Crippen LogP contribution in [0, 0.1) is 0 Å². The zero-order chi connectivity index (χ0) is 41.8. The van der Waals surface area contributed by atoms with E-state index in [0.29, 0.717) is 0 Å². The molecule has 0 radical (unpaired) electrons. The smallest absolute Gasteiger partial charge is 0.408 e. The summed E-state index contributed by atoms with van der Waals surface area (Å²) >= 11 is 0. The number of fused-ring (bicyclic) bond motifs is 3. The number of hydrogen-bond donors (Lipinski definition) is 5. The van der Waals surface area contributed by atoms with Crippen LogP contribution in [0.15, 0.2) is 72.8 Å². The van der Waals surface area contributed by atoms with Crippen molar-refractivity contribution in [2.45, 2.75) is 110 Å². The molecule has 0 saturated carbocycles. The summed E-state index contributed by atoms with van der Waals surface area (Å²) in [6, 6.07) is 21.1. The van der Waals surface area contributed by atoms with Crippen molar-refractivity contribution in [1.29, 1.82) is 0 Å². The van der Waals surface area contributed by atoms with E-state index in [0.717, 1.165) is 33.4 Å². The van der Waals surface area contributed by atoms with E-state index >= 15 is 0 Å². The van der Waals surface area contributed by atoms with Gasteiger partial charge in [-0.2, -0.15) is 0 Å². The number of Topliss-reactive ketones (excluding diaryl/α,β-unsaturated/α-hetero) is 1. The molecule has 0 unspecified atom stereocenters. The molecule has 0 saturated heterocycles. The SMILES string of the molecule is CC(=O)CC[C@H](NC(=O)OCC1c2ccccc2-c2ccccc21)C(=O)NCc1ccc(CNC(=O)[C@@H](CCNC(=O)OC(C)(C)C)NC(=O)OC(C)(C)C)cc1. The quantitative estimate of drug-likeness (QED) is 0.108. The van der Waals surface area contributed by atoms with Crippen molar-refractivity contribution >= 4 is 35.9 Å². The van der Waals surface area contributed by atoms with Gasteiger partial charge in [-0.3, -0.25) is 9.59 Å². The molecule has 57 heavy (non-hydrogen) atoms. The summed E-state index contributed by atoms with van der Waals surface area (Å²) in [5.41, 5.74) is 4.35. The highest BCUT2D eigenvalue weighted by Gasteiger charge is 2.30. The molecule has 2 atom stereocenters. The van der Waals surface area contributed by atoms with E-state index in [1.165, 1.54) is 6.92 Å². The van der Waals surface area contributed by atoms with E-state index in [9.17, 15) is 28.8 Å². The van der Waals surface area contributed by atoms with Crippen LogP contribution in [-0.4, -0.2) is 72.3 Å². The highest BCUT2D eigenvalue weighted by Crippen LogP contribution is 2.44. The molecule has 4 rings (SSSR count). The van der Waals surface area contributed by atoms with Crippen molar-refractivity contribution in [3.8, 4) is 11.1 Å². The van der Waals surface area contributed by atoms with Crippen molar-refractivity contribution in [3.63, 3.8) is 0 Å². The molecule has 3 aromatic carbocycles. The summed E-state index contributed by atoms with van der Waals surface area (Å²) < 4.78 is 16.2. The minimum Gasteiger partial charge on any atom is -0.449 e. The minimum atomic E-state index is -1.01. The van der Waals surface area contributed by atoms with Gasteiger partial charge < -0.3 is 45.6 Å². The van der Waals surface area contributed by atoms with Gasteiger partial charge in [0.05, 0.1) is 0 Å². The lowest BCUT2D eigenvalue weighted by molar-refractivity contribution is -0.124. The Balaban J connectivity index is 1.29. The highest BCUT2D eigenvalue weighted by molar-refractivity contribution is 5.87. The number of rotatable bonds is 16. The van der Waals surface area contributed by atoms with Crippen molar-refractivity contribution in [2.24, 2.45) is 0 Å². The van der Waals surface area contributed by atoms with Crippen LogP contribution < -0.4 is 26.6 Å². The Hall–Kier alpha value is -5.92. The van der Waals surface area contributed by atoms with Crippen LogP contribution in [0.3, 0.4) is 0 Å². The van der Waals surface area contributed by atoms with Gasteiger partial charge in [-0.05, 0) is 94.7 Å². The van der Waals surface area contributed by atoms with E-state index in [-0.39, 0.29) is 57.2 Å². The lowest BCUT2D eigenvalue weighted by Gasteiger charge is -2.24. The molecule has 5 amide bonds. The topological polar surface area (TPSA) is 190 Å². The molecule has 0 aliphatic heterocycles. The van der Waals surface area contributed by atoms with Gasteiger partial charge in [0.2, 0.25) is 11.8 Å². The van der Waals surface area contributed by atoms with E-state index in [2.05, 4.69) is 26.6 Å². The van der Waals surface area contributed by atoms with E-state index in [1.54, 1.807) is 65.8 Å². The maximum atomic E-state index is 13.3. The molecule has 1 aliphatic carbocycles. The van der Waals surface area contributed by atoms with Gasteiger partial charge in [0.25, 0.3) is 0 Å². The van der Waals surface area contributed by atoms with Crippen LogP contribution in [-0.2, 0) is 41.7 Å². The summed E-state index contributed by atoms with van der Waals surface area (Å²) in [6.45, 7) is 12.2. The van der Waals surface area contributed by atoms with Crippen molar-refractivity contribution in [3.05, 3.63) is 95.1 Å². The third-order valence-corrected chi connectivity index (χ3v) is 8.80. The first-order valence-electron chi connectivity index (χ1n) is 19.1. The van der Waals surface area contributed by atoms with Gasteiger partial charge in [0.1, 0.15) is 35.7 Å². The number of hydrogen-bond acceptors (Lipinski definition) is 9. The summed E-state index contributed by atoms with van der Waals surface area (Å²) in [4.78, 5) is 75.8. The number of carbonyl (C=O) groups excluding carboxylic acids is 6. The predicted molar refractivity (Wildman–Crippen MR) is 214 cm³/mol. The Bertz CT molecular complexity index is 1850. The number of ketones is 1. The Morgan fingerprint density at radius 1 is 0.596 bits per heavy atom. The van der Waals surface area contributed by atoms with Crippen LogP contribution in [0.25, 0.3) is 11.1 Å². The van der Waals surface area contributed by atoms with E-state index in [4.69, 9.17) is 14.2 Å². The molecular weight excluding hydrogens is 730 g/mol. The fourth-order valence-electron chi connectivity index (χ4n) is 6.15. The molecule has 306 valence electrons. The van der Waals surface area contributed by atoms with Crippen LogP contribution in [0.4, 0.5) is 14.4 Å². The number of alkyl carbamates (subject to hydrolysis) is 3. The zero-order valence-corrected chi connectivity index (χ0v) is 33.8. The van der Waals surface area contributed by atoms with Crippen LogP contribution in [0.5, 0.6) is 0 Å². The first kappa shape index (κ1) is 43.8. The molecule has 0 bridgehead atoms. The maximum Gasteiger partial charge on any atom is 0.408 e. The minimum absolute atomic E-state index is 0.0556. The highest BCUT2D eigenvalue weighted by atomic mass is 16.6. The van der Waals surface area contributed by atoms with Gasteiger partial charge in [-0.15, -0.1) is 0 Å². The molecule has 0 spiro atoms. The van der Waals surface area contributed by atoms with Crippen molar-refractivity contribution in [1.82, 2.24) is 26.6 Å². The molecule has 14 nitrogen and oxygen atoms in total. The second kappa shape index (κ2) is 19.8. The van der Waals surface area contributed by atoms with Crippen molar-refractivity contribution in [2.75, 3.05) is 13.2 Å². The normalized spacial score (nSPS) is 13.2.